The molecule has 21 heavy (non-hydrogen) atoms. The zero-order valence-corrected chi connectivity index (χ0v) is 12.5. The first-order valence-electron chi connectivity index (χ1n) is 6.57. The van der Waals surface area contributed by atoms with Crippen LogP contribution < -0.4 is 0 Å². The molecule has 4 nitrogen and oxygen atoms in total. The standard InChI is InChI=1S/C16H16O4S/c1-2-20-16(17)12-21(18,19)15-10-8-14(9-11-15)13-6-4-3-5-7-13/h3-11H,2,12H2,1H3. The molecule has 2 aromatic rings. The Kier molecular flexibility index (Phi) is 4.75. The largest absolute Gasteiger partial charge is 0.465 e. The number of benzene rings is 2. The highest BCUT2D eigenvalue weighted by Crippen LogP contribution is 2.21. The van der Waals surface area contributed by atoms with Crippen LogP contribution in [-0.2, 0) is 19.4 Å². The summed E-state index contributed by atoms with van der Waals surface area (Å²) in [6.45, 7) is 1.81. The van der Waals surface area contributed by atoms with Crippen molar-refractivity contribution in [3.8, 4) is 11.1 Å². The van der Waals surface area contributed by atoms with Gasteiger partial charge in [-0.25, -0.2) is 8.42 Å². The van der Waals surface area contributed by atoms with Gasteiger partial charge in [-0.2, -0.15) is 0 Å². The molecule has 0 amide bonds. The Labute approximate surface area is 124 Å². The van der Waals surface area contributed by atoms with E-state index >= 15 is 0 Å². The van der Waals surface area contributed by atoms with E-state index in [1.807, 2.05) is 30.3 Å². The summed E-state index contributed by atoms with van der Waals surface area (Å²) in [7, 11) is -3.66. The van der Waals surface area contributed by atoms with E-state index in [0.717, 1.165) is 11.1 Å². The van der Waals surface area contributed by atoms with Crippen LogP contribution in [0.5, 0.6) is 0 Å². The average Bonchev–Trinajstić information content (AvgIpc) is 2.48. The Balaban J connectivity index is 2.21. The first-order chi connectivity index (χ1) is 10.0. The summed E-state index contributed by atoms with van der Waals surface area (Å²) < 4.78 is 28.8. The molecule has 0 saturated carbocycles. The number of hydrogen-bond donors (Lipinski definition) is 0. The number of hydrogen-bond acceptors (Lipinski definition) is 4. The van der Waals surface area contributed by atoms with Gasteiger partial charge in [-0.15, -0.1) is 0 Å². The molecule has 0 aliphatic rings. The van der Waals surface area contributed by atoms with E-state index in [0.29, 0.717) is 0 Å². The van der Waals surface area contributed by atoms with Crippen molar-refractivity contribution in [2.24, 2.45) is 0 Å². The highest BCUT2D eigenvalue weighted by Gasteiger charge is 2.20. The molecule has 0 N–H and O–H groups in total. The molecule has 0 radical (unpaired) electrons. The van der Waals surface area contributed by atoms with Crippen molar-refractivity contribution in [1.82, 2.24) is 0 Å². The Morgan fingerprint density at radius 1 is 0.952 bits per heavy atom. The van der Waals surface area contributed by atoms with Crippen LogP contribution in [0.15, 0.2) is 59.5 Å². The smallest absolute Gasteiger partial charge is 0.321 e. The van der Waals surface area contributed by atoms with E-state index < -0.39 is 21.6 Å². The van der Waals surface area contributed by atoms with Gasteiger partial charge >= 0.3 is 5.97 Å². The molecule has 0 saturated heterocycles. The van der Waals surface area contributed by atoms with Gasteiger partial charge in [-0.1, -0.05) is 42.5 Å². The lowest BCUT2D eigenvalue weighted by molar-refractivity contribution is -0.139. The van der Waals surface area contributed by atoms with Crippen molar-refractivity contribution in [2.75, 3.05) is 12.4 Å². The van der Waals surface area contributed by atoms with Gasteiger partial charge in [-0.05, 0) is 30.2 Å². The maximum Gasteiger partial charge on any atom is 0.321 e. The first kappa shape index (κ1) is 15.3. The Morgan fingerprint density at radius 2 is 1.52 bits per heavy atom. The van der Waals surface area contributed by atoms with Crippen molar-refractivity contribution in [1.29, 1.82) is 0 Å². The van der Waals surface area contributed by atoms with Crippen LogP contribution >= 0.6 is 0 Å². The van der Waals surface area contributed by atoms with Gasteiger partial charge in [0.05, 0.1) is 11.5 Å². The fourth-order valence-electron chi connectivity index (χ4n) is 1.93. The molecule has 0 atom stereocenters. The van der Waals surface area contributed by atoms with Crippen LogP contribution in [0.4, 0.5) is 0 Å². The topological polar surface area (TPSA) is 60.4 Å². The van der Waals surface area contributed by atoms with E-state index in [9.17, 15) is 13.2 Å². The summed E-state index contributed by atoms with van der Waals surface area (Å²) in [5.41, 5.74) is 1.93. The van der Waals surface area contributed by atoms with E-state index in [-0.39, 0.29) is 11.5 Å². The zero-order valence-electron chi connectivity index (χ0n) is 11.7. The minimum absolute atomic E-state index is 0.121. The summed E-state index contributed by atoms with van der Waals surface area (Å²) in [5, 5.41) is 0. The summed E-state index contributed by atoms with van der Waals surface area (Å²) >= 11 is 0. The first-order valence-corrected chi connectivity index (χ1v) is 8.22. The van der Waals surface area contributed by atoms with E-state index in [2.05, 4.69) is 4.74 Å². The molecule has 110 valence electrons. The van der Waals surface area contributed by atoms with Gasteiger partial charge < -0.3 is 4.74 Å². The van der Waals surface area contributed by atoms with Crippen LogP contribution in [0.25, 0.3) is 11.1 Å². The molecule has 0 fully saturated rings. The molecule has 0 aliphatic carbocycles. The maximum atomic E-state index is 12.1. The molecule has 0 spiro atoms. The minimum atomic E-state index is -3.66. The third-order valence-corrected chi connectivity index (χ3v) is 4.54. The van der Waals surface area contributed by atoms with Crippen LogP contribution in [-0.4, -0.2) is 26.7 Å². The Morgan fingerprint density at radius 3 is 2.10 bits per heavy atom. The number of carbonyl (C=O) groups excluding carboxylic acids is 1. The molecule has 5 heteroatoms. The molecule has 0 bridgehead atoms. The van der Waals surface area contributed by atoms with Crippen molar-refractivity contribution in [3.63, 3.8) is 0 Å². The fraction of sp³-hybridized carbons (Fsp3) is 0.188. The quantitative estimate of drug-likeness (QED) is 0.797. The van der Waals surface area contributed by atoms with Crippen LogP contribution in [0.2, 0.25) is 0 Å². The van der Waals surface area contributed by atoms with Gasteiger partial charge in [0.2, 0.25) is 0 Å². The lowest BCUT2D eigenvalue weighted by atomic mass is 10.1. The highest BCUT2D eigenvalue weighted by atomic mass is 32.2. The van der Waals surface area contributed by atoms with Crippen LogP contribution in [0.3, 0.4) is 0 Å². The average molecular weight is 304 g/mol. The predicted octanol–water partition coefficient (Wildman–Crippen LogP) is 2.69. The molecule has 0 heterocycles. The number of carbonyl (C=O) groups is 1. The minimum Gasteiger partial charge on any atom is -0.465 e. The van der Waals surface area contributed by atoms with Crippen molar-refractivity contribution >= 4 is 15.8 Å². The number of esters is 1. The maximum absolute atomic E-state index is 12.1. The summed E-state index contributed by atoms with van der Waals surface area (Å²) in [4.78, 5) is 11.4. The molecule has 0 aromatic heterocycles. The van der Waals surface area contributed by atoms with Crippen molar-refractivity contribution in [3.05, 3.63) is 54.6 Å². The molecular formula is C16H16O4S. The van der Waals surface area contributed by atoms with E-state index in [1.165, 1.54) is 12.1 Å². The Bertz CT molecular complexity index is 704. The Hall–Kier alpha value is -2.14. The second-order valence-corrected chi connectivity index (χ2v) is 6.44. The van der Waals surface area contributed by atoms with Crippen LogP contribution in [0.1, 0.15) is 6.92 Å². The van der Waals surface area contributed by atoms with E-state index in [1.54, 1.807) is 19.1 Å². The zero-order chi connectivity index (χ0) is 15.3. The lowest BCUT2D eigenvalue weighted by Crippen LogP contribution is -2.18. The van der Waals surface area contributed by atoms with E-state index in [4.69, 9.17) is 0 Å². The monoisotopic (exact) mass is 304 g/mol. The fourth-order valence-corrected chi connectivity index (χ4v) is 3.04. The summed E-state index contributed by atoms with van der Waals surface area (Å²) in [5.74, 6) is -1.37. The number of sulfone groups is 1. The van der Waals surface area contributed by atoms with Gasteiger partial charge in [-0.3, -0.25) is 4.79 Å². The third kappa shape index (κ3) is 3.92. The second kappa shape index (κ2) is 6.54. The van der Waals surface area contributed by atoms with Crippen LogP contribution in [0, 0.1) is 0 Å². The van der Waals surface area contributed by atoms with Crippen molar-refractivity contribution < 1.29 is 17.9 Å². The van der Waals surface area contributed by atoms with Gasteiger partial charge in [0.1, 0.15) is 0 Å². The van der Waals surface area contributed by atoms with Gasteiger partial charge in [0.25, 0.3) is 0 Å². The molecule has 0 aliphatic heterocycles. The molecular weight excluding hydrogens is 288 g/mol. The SMILES string of the molecule is CCOC(=O)CS(=O)(=O)c1ccc(-c2ccccc2)cc1. The van der Waals surface area contributed by atoms with Gasteiger partial charge in [0, 0.05) is 0 Å². The number of rotatable bonds is 5. The summed E-state index contributed by atoms with van der Waals surface area (Å²) in [6, 6.07) is 16.1. The van der Waals surface area contributed by atoms with Crippen molar-refractivity contribution in [2.45, 2.75) is 11.8 Å². The molecule has 2 rings (SSSR count). The predicted molar refractivity (Wildman–Crippen MR) is 80.6 cm³/mol. The highest BCUT2D eigenvalue weighted by molar-refractivity contribution is 7.92. The lowest BCUT2D eigenvalue weighted by Gasteiger charge is -2.06. The summed E-state index contributed by atoms with van der Waals surface area (Å²) in [6.07, 6.45) is 0. The third-order valence-electron chi connectivity index (χ3n) is 2.93. The molecule has 2 aromatic carbocycles. The normalized spacial score (nSPS) is 11.1. The molecule has 0 unspecified atom stereocenters. The second-order valence-electron chi connectivity index (χ2n) is 4.45. The van der Waals surface area contributed by atoms with Gasteiger partial charge in [0.15, 0.2) is 15.6 Å². The number of ether oxygens (including phenoxy) is 1.